The zero-order valence-corrected chi connectivity index (χ0v) is 13.8. The number of rotatable bonds is 10. The van der Waals surface area contributed by atoms with Crippen LogP contribution in [0.15, 0.2) is 24.3 Å². The van der Waals surface area contributed by atoms with Crippen molar-refractivity contribution in [3.8, 4) is 0 Å². The molecule has 0 bridgehead atoms. The maximum Gasteiger partial charge on any atom is 0.0934 e. The van der Waals surface area contributed by atoms with Gasteiger partial charge < -0.3 is 15.9 Å². The summed E-state index contributed by atoms with van der Waals surface area (Å²) in [5.74, 6) is -0.0156. The number of benzene rings is 1. The van der Waals surface area contributed by atoms with E-state index < -0.39 is 11.7 Å². The second-order valence-corrected chi connectivity index (χ2v) is 6.21. The molecular formula is C18H30N2O2. The standard InChI is InChI=1S/C18H30N2O2/c1-3-9-18(22,10-4-2)11-8-14-6-5-7-15(12-14)16(21)13-17(19)20/h5-7,12,16,21-22H,3-4,8-11,13H2,1-2H3,(H3,19,20). The van der Waals surface area contributed by atoms with Gasteiger partial charge in [-0.05, 0) is 36.8 Å². The zero-order valence-electron chi connectivity index (χ0n) is 13.8. The lowest BCUT2D eigenvalue weighted by atomic mass is 9.86. The Kier molecular flexibility index (Phi) is 7.56. The summed E-state index contributed by atoms with van der Waals surface area (Å²) in [4.78, 5) is 0. The minimum Gasteiger partial charge on any atom is -0.390 e. The summed E-state index contributed by atoms with van der Waals surface area (Å²) >= 11 is 0. The molecule has 1 atom stereocenters. The summed E-state index contributed by atoms with van der Waals surface area (Å²) in [5.41, 5.74) is 6.64. The summed E-state index contributed by atoms with van der Waals surface area (Å²) in [6.07, 6.45) is 4.56. The van der Waals surface area contributed by atoms with Crippen molar-refractivity contribution in [1.29, 1.82) is 5.41 Å². The Hall–Kier alpha value is -1.39. The molecule has 0 saturated heterocycles. The summed E-state index contributed by atoms with van der Waals surface area (Å²) in [7, 11) is 0. The quantitative estimate of drug-likeness (QED) is 0.395. The molecule has 4 nitrogen and oxygen atoms in total. The number of hydrogen-bond acceptors (Lipinski definition) is 3. The highest BCUT2D eigenvalue weighted by molar-refractivity contribution is 5.77. The Morgan fingerprint density at radius 2 is 1.86 bits per heavy atom. The van der Waals surface area contributed by atoms with Crippen LogP contribution >= 0.6 is 0 Å². The van der Waals surface area contributed by atoms with Gasteiger partial charge in [0.05, 0.1) is 17.5 Å². The van der Waals surface area contributed by atoms with Gasteiger partial charge in [0.1, 0.15) is 0 Å². The van der Waals surface area contributed by atoms with Crippen LogP contribution in [0.3, 0.4) is 0 Å². The Bertz CT molecular complexity index is 468. The second-order valence-electron chi connectivity index (χ2n) is 6.21. The Balaban J connectivity index is 2.71. The molecule has 22 heavy (non-hydrogen) atoms. The SMILES string of the molecule is CCCC(O)(CCC)CCc1cccc(C(O)CC(=N)N)c1. The molecule has 0 heterocycles. The molecule has 0 fully saturated rings. The van der Waals surface area contributed by atoms with E-state index in [0.29, 0.717) is 0 Å². The maximum absolute atomic E-state index is 10.7. The largest absolute Gasteiger partial charge is 0.390 e. The van der Waals surface area contributed by atoms with Crippen LogP contribution in [0.5, 0.6) is 0 Å². The molecule has 1 unspecified atom stereocenters. The molecule has 0 amide bonds. The highest BCUT2D eigenvalue weighted by atomic mass is 16.3. The molecule has 0 radical (unpaired) electrons. The Morgan fingerprint density at radius 1 is 1.23 bits per heavy atom. The molecule has 4 heteroatoms. The summed E-state index contributed by atoms with van der Waals surface area (Å²) in [6.45, 7) is 4.19. The van der Waals surface area contributed by atoms with Crippen LogP contribution in [0, 0.1) is 5.41 Å². The smallest absolute Gasteiger partial charge is 0.0934 e. The molecule has 0 saturated carbocycles. The van der Waals surface area contributed by atoms with E-state index in [2.05, 4.69) is 13.8 Å². The van der Waals surface area contributed by atoms with Crippen molar-refractivity contribution in [2.45, 2.75) is 70.5 Å². The van der Waals surface area contributed by atoms with Crippen molar-refractivity contribution in [2.75, 3.05) is 0 Å². The highest BCUT2D eigenvalue weighted by Crippen LogP contribution is 2.26. The lowest BCUT2D eigenvalue weighted by Gasteiger charge is -2.27. The van der Waals surface area contributed by atoms with Gasteiger partial charge in [0.15, 0.2) is 0 Å². The van der Waals surface area contributed by atoms with E-state index in [1.54, 1.807) is 0 Å². The molecule has 1 rings (SSSR count). The third kappa shape index (κ3) is 6.16. The third-order valence-corrected chi connectivity index (χ3v) is 4.06. The monoisotopic (exact) mass is 306 g/mol. The normalized spacial score (nSPS) is 13.1. The number of nitrogens with two attached hydrogens (primary N) is 1. The second kappa shape index (κ2) is 8.91. The van der Waals surface area contributed by atoms with Gasteiger partial charge in [0.2, 0.25) is 0 Å². The Morgan fingerprint density at radius 3 is 2.41 bits per heavy atom. The first-order valence-corrected chi connectivity index (χ1v) is 8.22. The molecular weight excluding hydrogens is 276 g/mol. The topological polar surface area (TPSA) is 90.3 Å². The first-order chi connectivity index (χ1) is 10.4. The number of amidine groups is 1. The van der Waals surface area contributed by atoms with Crippen LogP contribution in [-0.2, 0) is 6.42 Å². The average Bonchev–Trinajstić information content (AvgIpc) is 2.45. The highest BCUT2D eigenvalue weighted by Gasteiger charge is 2.24. The van der Waals surface area contributed by atoms with Crippen LogP contribution in [0.25, 0.3) is 0 Å². The summed E-state index contributed by atoms with van der Waals surface area (Å²) in [6, 6.07) is 7.72. The average molecular weight is 306 g/mol. The predicted molar refractivity (Wildman–Crippen MR) is 91.0 cm³/mol. The number of hydrogen-bond donors (Lipinski definition) is 4. The van der Waals surface area contributed by atoms with E-state index in [9.17, 15) is 10.2 Å². The number of aliphatic hydroxyl groups is 2. The first-order valence-electron chi connectivity index (χ1n) is 8.22. The predicted octanol–water partition coefficient (Wildman–Crippen LogP) is 3.31. The van der Waals surface area contributed by atoms with Crippen molar-refractivity contribution >= 4 is 5.84 Å². The Labute approximate surface area is 133 Å². The number of nitrogens with one attached hydrogen (secondary N) is 1. The minimum atomic E-state index is -0.734. The van der Waals surface area contributed by atoms with E-state index in [-0.39, 0.29) is 12.3 Å². The van der Waals surface area contributed by atoms with E-state index in [1.165, 1.54) is 0 Å². The summed E-state index contributed by atoms with van der Waals surface area (Å²) in [5, 5.41) is 28.0. The molecule has 1 aromatic rings. The van der Waals surface area contributed by atoms with Gasteiger partial charge in [0, 0.05) is 6.42 Å². The maximum atomic E-state index is 10.7. The van der Waals surface area contributed by atoms with Gasteiger partial charge in [0.25, 0.3) is 0 Å². The molecule has 5 N–H and O–H groups in total. The fraction of sp³-hybridized carbons (Fsp3) is 0.611. The van der Waals surface area contributed by atoms with E-state index >= 15 is 0 Å². The molecule has 0 aliphatic carbocycles. The van der Waals surface area contributed by atoms with Gasteiger partial charge in [-0.25, -0.2) is 0 Å². The van der Waals surface area contributed by atoms with Crippen LogP contribution in [-0.4, -0.2) is 21.6 Å². The minimum absolute atomic E-state index is 0.0156. The van der Waals surface area contributed by atoms with Crippen LogP contribution in [0.1, 0.15) is 69.6 Å². The lowest BCUT2D eigenvalue weighted by Crippen LogP contribution is -2.28. The van der Waals surface area contributed by atoms with Crippen molar-refractivity contribution in [3.05, 3.63) is 35.4 Å². The molecule has 1 aromatic carbocycles. The van der Waals surface area contributed by atoms with Gasteiger partial charge >= 0.3 is 0 Å². The van der Waals surface area contributed by atoms with E-state index in [0.717, 1.165) is 49.7 Å². The van der Waals surface area contributed by atoms with Crippen molar-refractivity contribution in [3.63, 3.8) is 0 Å². The summed E-state index contributed by atoms with van der Waals surface area (Å²) < 4.78 is 0. The third-order valence-electron chi connectivity index (χ3n) is 4.06. The van der Waals surface area contributed by atoms with Gasteiger partial charge in [-0.1, -0.05) is 51.0 Å². The van der Waals surface area contributed by atoms with Crippen LogP contribution in [0.4, 0.5) is 0 Å². The first kappa shape index (κ1) is 18.7. The van der Waals surface area contributed by atoms with Crippen LogP contribution in [0.2, 0.25) is 0 Å². The lowest BCUT2D eigenvalue weighted by molar-refractivity contribution is 0.0132. The molecule has 124 valence electrons. The molecule has 0 aliphatic heterocycles. The fourth-order valence-corrected chi connectivity index (χ4v) is 2.96. The van der Waals surface area contributed by atoms with E-state index in [1.807, 2.05) is 24.3 Å². The van der Waals surface area contributed by atoms with Gasteiger partial charge in [-0.3, -0.25) is 5.41 Å². The number of aliphatic hydroxyl groups excluding tert-OH is 1. The van der Waals surface area contributed by atoms with Crippen molar-refractivity contribution < 1.29 is 10.2 Å². The van der Waals surface area contributed by atoms with Gasteiger partial charge in [-0.2, -0.15) is 0 Å². The van der Waals surface area contributed by atoms with Crippen molar-refractivity contribution in [1.82, 2.24) is 0 Å². The van der Waals surface area contributed by atoms with Crippen LogP contribution < -0.4 is 5.73 Å². The molecule has 0 spiro atoms. The van der Waals surface area contributed by atoms with E-state index in [4.69, 9.17) is 11.1 Å². The molecule has 0 aromatic heterocycles. The zero-order chi connectivity index (χ0) is 16.6. The van der Waals surface area contributed by atoms with Gasteiger partial charge in [-0.15, -0.1) is 0 Å². The number of aryl methyl sites for hydroxylation is 1. The van der Waals surface area contributed by atoms with Crippen molar-refractivity contribution in [2.24, 2.45) is 5.73 Å². The fourth-order valence-electron chi connectivity index (χ4n) is 2.96. The molecule has 0 aliphatic rings.